The van der Waals surface area contributed by atoms with Crippen LogP contribution in [0.25, 0.3) is 0 Å². The average molecular weight is 438 g/mol. The standard InChI is InChI=1S/C20H24N2O2.C2HF3O2/c1-3-12-22-19-10-7-17(13-16(19)6-11-20(22)23)21-14-15-4-8-18(24-2)9-5-15;3-2(4,5)1(6)7/h3-6,8-9,11,17,21H,1,7,10,12-14H2,2H3;(H,6,7). The van der Waals surface area contributed by atoms with E-state index in [1.54, 1.807) is 19.3 Å². The monoisotopic (exact) mass is 438 g/mol. The number of carboxylic acid groups (broad SMARTS) is 1. The quantitative estimate of drug-likeness (QED) is 0.677. The van der Waals surface area contributed by atoms with Crippen LogP contribution in [-0.4, -0.2) is 35.0 Å². The Hall–Kier alpha value is -3.07. The predicted octanol–water partition coefficient (Wildman–Crippen LogP) is 3.32. The second-order valence-electron chi connectivity index (χ2n) is 7.01. The summed E-state index contributed by atoms with van der Waals surface area (Å²) in [5, 5.41) is 10.8. The molecule has 1 atom stereocenters. The van der Waals surface area contributed by atoms with Crippen molar-refractivity contribution >= 4 is 5.97 Å². The van der Waals surface area contributed by atoms with E-state index in [0.717, 1.165) is 31.6 Å². The molecular weight excluding hydrogens is 413 g/mol. The molecule has 9 heteroatoms. The molecule has 6 nitrogen and oxygen atoms in total. The fourth-order valence-corrected chi connectivity index (χ4v) is 3.33. The number of fused-ring (bicyclic) bond motifs is 1. The van der Waals surface area contributed by atoms with Gasteiger partial charge in [-0.25, -0.2) is 4.79 Å². The third-order valence-corrected chi connectivity index (χ3v) is 4.89. The van der Waals surface area contributed by atoms with E-state index in [9.17, 15) is 18.0 Å². The number of carbonyl (C=O) groups is 1. The molecule has 1 heterocycles. The number of rotatable bonds is 6. The number of nitrogens with zero attached hydrogens (tertiary/aromatic N) is 1. The Morgan fingerprint density at radius 3 is 2.48 bits per heavy atom. The highest BCUT2D eigenvalue weighted by Crippen LogP contribution is 2.21. The zero-order valence-corrected chi connectivity index (χ0v) is 17.1. The van der Waals surface area contributed by atoms with Crippen molar-refractivity contribution in [1.29, 1.82) is 0 Å². The molecule has 1 unspecified atom stereocenters. The van der Waals surface area contributed by atoms with Crippen molar-refractivity contribution in [3.05, 3.63) is 76.2 Å². The van der Waals surface area contributed by atoms with Crippen LogP contribution in [-0.2, 0) is 30.7 Å². The maximum atomic E-state index is 12.0. The lowest BCUT2D eigenvalue weighted by atomic mass is 9.91. The van der Waals surface area contributed by atoms with Gasteiger partial charge in [-0.15, -0.1) is 6.58 Å². The molecule has 0 saturated carbocycles. The first-order valence-corrected chi connectivity index (χ1v) is 9.64. The van der Waals surface area contributed by atoms with E-state index in [1.165, 1.54) is 16.8 Å². The molecule has 1 aliphatic rings. The van der Waals surface area contributed by atoms with Gasteiger partial charge in [-0.1, -0.05) is 24.3 Å². The van der Waals surface area contributed by atoms with Crippen LogP contribution in [0.3, 0.4) is 0 Å². The highest BCUT2D eigenvalue weighted by molar-refractivity contribution is 5.73. The lowest BCUT2D eigenvalue weighted by molar-refractivity contribution is -0.192. The summed E-state index contributed by atoms with van der Waals surface area (Å²) in [5.74, 6) is -1.88. The number of methoxy groups -OCH3 is 1. The van der Waals surface area contributed by atoms with Crippen molar-refractivity contribution in [2.75, 3.05) is 7.11 Å². The first kappa shape index (κ1) is 24.2. The van der Waals surface area contributed by atoms with Crippen LogP contribution in [0, 0.1) is 0 Å². The fourth-order valence-electron chi connectivity index (χ4n) is 3.33. The highest BCUT2D eigenvalue weighted by atomic mass is 19.4. The lowest BCUT2D eigenvalue weighted by Gasteiger charge is -2.27. The Labute approximate surface area is 178 Å². The average Bonchev–Trinajstić information content (AvgIpc) is 2.74. The molecule has 3 rings (SSSR count). The second kappa shape index (κ2) is 10.8. The maximum Gasteiger partial charge on any atom is 0.490 e. The van der Waals surface area contributed by atoms with Crippen molar-refractivity contribution in [2.45, 2.75) is 44.6 Å². The van der Waals surface area contributed by atoms with Gasteiger partial charge in [0.15, 0.2) is 0 Å². The number of benzene rings is 1. The minimum Gasteiger partial charge on any atom is -0.497 e. The lowest BCUT2D eigenvalue weighted by Crippen LogP contribution is -2.37. The van der Waals surface area contributed by atoms with Gasteiger partial charge >= 0.3 is 12.1 Å². The molecule has 0 saturated heterocycles. The fraction of sp³-hybridized carbons (Fsp3) is 0.364. The van der Waals surface area contributed by atoms with Crippen LogP contribution in [0.15, 0.2) is 53.8 Å². The Bertz CT molecular complexity index is 953. The number of nitrogens with one attached hydrogen (secondary N) is 1. The summed E-state index contributed by atoms with van der Waals surface area (Å²) in [4.78, 5) is 20.9. The Morgan fingerprint density at radius 1 is 1.29 bits per heavy atom. The van der Waals surface area contributed by atoms with Crippen molar-refractivity contribution in [3.8, 4) is 5.75 Å². The molecule has 0 bridgehead atoms. The molecule has 2 aromatic rings. The van der Waals surface area contributed by atoms with Gasteiger partial charge < -0.3 is 19.7 Å². The normalized spacial score (nSPS) is 15.3. The molecule has 168 valence electrons. The van der Waals surface area contributed by atoms with E-state index in [2.05, 4.69) is 24.0 Å². The molecule has 0 amide bonds. The van der Waals surface area contributed by atoms with E-state index >= 15 is 0 Å². The van der Waals surface area contributed by atoms with E-state index in [1.807, 2.05) is 22.8 Å². The van der Waals surface area contributed by atoms with E-state index in [-0.39, 0.29) is 5.56 Å². The largest absolute Gasteiger partial charge is 0.497 e. The van der Waals surface area contributed by atoms with Gasteiger partial charge in [0.05, 0.1) is 7.11 Å². The Balaban J connectivity index is 0.000000423. The zero-order valence-electron chi connectivity index (χ0n) is 17.1. The van der Waals surface area contributed by atoms with Crippen molar-refractivity contribution < 1.29 is 27.8 Å². The van der Waals surface area contributed by atoms with Gasteiger partial charge in [-0.2, -0.15) is 13.2 Å². The first-order chi connectivity index (χ1) is 14.7. The van der Waals surface area contributed by atoms with Crippen LogP contribution in [0.1, 0.15) is 23.2 Å². The number of carboxylic acids is 1. The summed E-state index contributed by atoms with van der Waals surface area (Å²) in [6.07, 6.45) is -0.359. The minimum absolute atomic E-state index is 0.0679. The molecule has 0 spiro atoms. The number of halogens is 3. The van der Waals surface area contributed by atoms with Crippen molar-refractivity contribution in [2.24, 2.45) is 0 Å². The summed E-state index contributed by atoms with van der Waals surface area (Å²) in [7, 11) is 1.68. The van der Waals surface area contributed by atoms with E-state index in [4.69, 9.17) is 14.6 Å². The van der Waals surface area contributed by atoms with Crippen LogP contribution in [0.4, 0.5) is 13.2 Å². The molecule has 0 fully saturated rings. The van der Waals surface area contributed by atoms with Crippen molar-refractivity contribution in [3.63, 3.8) is 0 Å². The van der Waals surface area contributed by atoms with Crippen LogP contribution in [0.5, 0.6) is 5.75 Å². The van der Waals surface area contributed by atoms with Crippen LogP contribution < -0.4 is 15.6 Å². The van der Waals surface area contributed by atoms with Gasteiger partial charge in [0.1, 0.15) is 5.75 Å². The zero-order chi connectivity index (χ0) is 23.0. The third kappa shape index (κ3) is 6.99. The molecule has 0 aliphatic heterocycles. The molecule has 1 aromatic heterocycles. The topological polar surface area (TPSA) is 80.6 Å². The van der Waals surface area contributed by atoms with Gasteiger partial charge in [-0.05, 0) is 42.5 Å². The Morgan fingerprint density at radius 2 is 1.94 bits per heavy atom. The van der Waals surface area contributed by atoms with Crippen LogP contribution >= 0.6 is 0 Å². The number of aliphatic carboxylic acids is 1. The number of pyridine rings is 1. The predicted molar refractivity (Wildman–Crippen MR) is 110 cm³/mol. The van der Waals surface area contributed by atoms with Gasteiger partial charge in [0.2, 0.25) is 0 Å². The second-order valence-corrected chi connectivity index (χ2v) is 7.01. The van der Waals surface area contributed by atoms with Gasteiger partial charge in [0, 0.05) is 30.9 Å². The van der Waals surface area contributed by atoms with E-state index < -0.39 is 12.1 Å². The third-order valence-electron chi connectivity index (χ3n) is 4.89. The molecule has 1 aliphatic carbocycles. The first-order valence-electron chi connectivity index (χ1n) is 9.64. The number of ether oxygens (including phenoxy) is 1. The smallest absolute Gasteiger partial charge is 0.490 e. The van der Waals surface area contributed by atoms with E-state index in [0.29, 0.717) is 12.6 Å². The minimum atomic E-state index is -5.08. The molecule has 0 radical (unpaired) electrons. The highest BCUT2D eigenvalue weighted by Gasteiger charge is 2.38. The molecule has 1 aromatic carbocycles. The van der Waals surface area contributed by atoms with Gasteiger partial charge in [-0.3, -0.25) is 4.79 Å². The molecule has 2 N–H and O–H groups in total. The maximum absolute atomic E-state index is 12.0. The Kier molecular flexibility index (Phi) is 8.44. The summed E-state index contributed by atoms with van der Waals surface area (Å²) >= 11 is 0. The SMILES string of the molecule is C=CCn1c2c(ccc1=O)CC(NCc1ccc(OC)cc1)CC2.O=C(O)C(F)(F)F. The number of hydrogen-bond acceptors (Lipinski definition) is 4. The summed E-state index contributed by atoms with van der Waals surface area (Å²) in [6, 6.07) is 12.2. The van der Waals surface area contributed by atoms with Crippen LogP contribution in [0.2, 0.25) is 0 Å². The summed E-state index contributed by atoms with van der Waals surface area (Å²) in [6.45, 7) is 5.19. The summed E-state index contributed by atoms with van der Waals surface area (Å²) < 4.78 is 38.8. The number of hydrogen-bond donors (Lipinski definition) is 2. The molecular formula is C22H25F3N2O4. The number of allylic oxidation sites excluding steroid dienone is 1. The number of alkyl halides is 3. The molecule has 31 heavy (non-hydrogen) atoms. The number of aromatic nitrogens is 1. The van der Waals surface area contributed by atoms with Gasteiger partial charge in [0.25, 0.3) is 5.56 Å². The van der Waals surface area contributed by atoms with Crippen molar-refractivity contribution in [1.82, 2.24) is 9.88 Å². The summed E-state index contributed by atoms with van der Waals surface area (Å²) in [5.41, 5.74) is 3.76.